The fourth-order valence-electron chi connectivity index (χ4n) is 11.6. The van der Waals surface area contributed by atoms with Crippen molar-refractivity contribution >= 4 is 43.6 Å². The topological polar surface area (TPSA) is 9.86 Å². The van der Waals surface area contributed by atoms with Crippen molar-refractivity contribution in [1.82, 2.24) is 9.13 Å². The summed E-state index contributed by atoms with van der Waals surface area (Å²) in [6.45, 7) is 32.8. The predicted molar refractivity (Wildman–Crippen MR) is 294 cm³/mol. The van der Waals surface area contributed by atoms with Gasteiger partial charge in [0.15, 0.2) is 0 Å². The number of fused-ring (bicyclic) bond motifs is 9. The van der Waals surface area contributed by atoms with E-state index in [4.69, 9.17) is 0 Å². The normalized spacial score (nSPS) is 14.2. The molecule has 350 valence electrons. The third-order valence-corrected chi connectivity index (χ3v) is 15.8. The van der Waals surface area contributed by atoms with E-state index in [0.717, 1.165) is 0 Å². The van der Waals surface area contributed by atoms with E-state index in [1.807, 2.05) is 0 Å². The van der Waals surface area contributed by atoms with Crippen LogP contribution in [0.5, 0.6) is 0 Å². The van der Waals surface area contributed by atoms with Gasteiger partial charge in [-0.1, -0.05) is 185 Å². The molecule has 1 aliphatic carbocycles. The van der Waals surface area contributed by atoms with Crippen molar-refractivity contribution in [2.45, 2.75) is 188 Å². The Morgan fingerprint density at radius 1 is 0.343 bits per heavy atom. The maximum Gasteiger partial charge on any atom is 0.0541 e. The largest absolute Gasteiger partial charge is 0.309 e. The average molecular weight is 889 g/mol. The molecule has 1 aliphatic rings. The zero-order valence-electron chi connectivity index (χ0n) is 43.9. The highest BCUT2D eigenvalue weighted by Gasteiger charge is 2.43. The fraction of sp³-hybridized carbons (Fsp3) is 0.446. The molecule has 0 atom stereocenters. The van der Waals surface area contributed by atoms with Gasteiger partial charge in [-0.25, -0.2) is 0 Å². The highest BCUT2D eigenvalue weighted by Crippen LogP contribution is 2.56. The van der Waals surface area contributed by atoms with Gasteiger partial charge in [0.25, 0.3) is 0 Å². The molecule has 8 aromatic rings. The van der Waals surface area contributed by atoms with Gasteiger partial charge in [-0.15, -0.1) is 0 Å². The van der Waals surface area contributed by atoms with Gasteiger partial charge in [0.1, 0.15) is 0 Å². The van der Waals surface area contributed by atoms with Crippen LogP contribution in [0.1, 0.15) is 195 Å². The summed E-state index contributed by atoms with van der Waals surface area (Å²) in [7, 11) is 0. The Kier molecular flexibility index (Phi) is 12.0. The van der Waals surface area contributed by atoms with Crippen molar-refractivity contribution in [2.75, 3.05) is 0 Å². The van der Waals surface area contributed by atoms with E-state index in [9.17, 15) is 0 Å². The SMILES string of the molecule is CCCCCCC1(CCCCCC)c2cc(-n3c4ccc(C(C)(C)C)cc4c4cc(C(C)(C)C)ccc43)ccc2-c2ccc(-n3c4ccc(C(C)(C)C)cc4c4cc(C(C)(C)C)ccc43)cc21. The second-order valence-corrected chi connectivity index (χ2v) is 24.8. The van der Waals surface area contributed by atoms with E-state index in [-0.39, 0.29) is 27.1 Å². The Morgan fingerprint density at radius 3 is 0.910 bits per heavy atom. The fourth-order valence-corrected chi connectivity index (χ4v) is 11.6. The van der Waals surface area contributed by atoms with Crippen molar-refractivity contribution in [3.05, 3.63) is 143 Å². The maximum atomic E-state index is 2.64. The van der Waals surface area contributed by atoms with Crippen LogP contribution in [0.2, 0.25) is 0 Å². The van der Waals surface area contributed by atoms with E-state index in [1.54, 1.807) is 0 Å². The average Bonchev–Trinajstić information content (AvgIpc) is 3.87. The van der Waals surface area contributed by atoms with Crippen LogP contribution in [0.15, 0.2) is 109 Å². The lowest BCUT2D eigenvalue weighted by atomic mass is 9.70. The second kappa shape index (κ2) is 17.2. The summed E-state index contributed by atoms with van der Waals surface area (Å²) in [5.41, 5.74) is 19.3. The second-order valence-electron chi connectivity index (χ2n) is 24.8. The van der Waals surface area contributed by atoms with Crippen LogP contribution in [0.4, 0.5) is 0 Å². The molecule has 0 amide bonds. The molecule has 0 spiro atoms. The van der Waals surface area contributed by atoms with Crippen molar-refractivity contribution in [2.24, 2.45) is 0 Å². The maximum absolute atomic E-state index is 2.64. The van der Waals surface area contributed by atoms with Crippen molar-refractivity contribution in [3.8, 4) is 22.5 Å². The number of aromatic nitrogens is 2. The monoisotopic (exact) mass is 889 g/mol. The zero-order valence-corrected chi connectivity index (χ0v) is 43.9. The molecule has 6 aromatic carbocycles. The van der Waals surface area contributed by atoms with Crippen molar-refractivity contribution in [3.63, 3.8) is 0 Å². The number of rotatable bonds is 12. The zero-order chi connectivity index (χ0) is 47.8. The number of benzene rings is 6. The molecule has 2 nitrogen and oxygen atoms in total. The lowest BCUT2D eigenvalue weighted by Crippen LogP contribution is -2.26. The Bertz CT molecular complexity index is 2780. The van der Waals surface area contributed by atoms with Crippen molar-refractivity contribution < 1.29 is 0 Å². The molecule has 2 heteroatoms. The lowest BCUT2D eigenvalue weighted by molar-refractivity contribution is 0.401. The van der Waals surface area contributed by atoms with Gasteiger partial charge in [0, 0.05) is 38.3 Å². The first-order valence-corrected chi connectivity index (χ1v) is 26.1. The number of hydrogen-bond acceptors (Lipinski definition) is 0. The van der Waals surface area contributed by atoms with E-state index < -0.39 is 0 Å². The first kappa shape index (κ1) is 47.0. The summed E-state index contributed by atoms with van der Waals surface area (Å²) in [6.07, 6.45) is 12.4. The van der Waals surface area contributed by atoms with E-state index in [1.165, 1.54) is 164 Å². The molecule has 0 unspecified atom stereocenters. The van der Waals surface area contributed by atoms with Gasteiger partial charge < -0.3 is 9.13 Å². The van der Waals surface area contributed by atoms with Crippen molar-refractivity contribution in [1.29, 1.82) is 0 Å². The molecule has 0 fully saturated rings. The lowest BCUT2D eigenvalue weighted by Gasteiger charge is -2.33. The minimum absolute atomic E-state index is 0.0571. The van der Waals surface area contributed by atoms with Gasteiger partial charge in [-0.3, -0.25) is 0 Å². The molecule has 2 heterocycles. The Labute approximate surface area is 404 Å². The summed E-state index contributed by atoms with van der Waals surface area (Å²) >= 11 is 0. The van der Waals surface area contributed by atoms with E-state index >= 15 is 0 Å². The minimum atomic E-state index is -0.0900. The summed E-state index contributed by atoms with van der Waals surface area (Å²) in [5, 5.41) is 5.40. The smallest absolute Gasteiger partial charge is 0.0541 e. The van der Waals surface area contributed by atoms with Crippen LogP contribution >= 0.6 is 0 Å². The molecule has 0 N–H and O–H groups in total. The van der Waals surface area contributed by atoms with Crippen LogP contribution in [-0.2, 0) is 27.1 Å². The molecule has 0 saturated carbocycles. The predicted octanol–water partition coefficient (Wildman–Crippen LogP) is 19.3. The summed E-state index contributed by atoms with van der Waals surface area (Å²) in [4.78, 5) is 0. The van der Waals surface area contributed by atoms with E-state index in [0.29, 0.717) is 0 Å². The minimum Gasteiger partial charge on any atom is -0.309 e. The first-order chi connectivity index (χ1) is 31.7. The number of unbranched alkanes of at least 4 members (excludes halogenated alkanes) is 6. The third-order valence-electron chi connectivity index (χ3n) is 15.8. The van der Waals surface area contributed by atoms with Gasteiger partial charge in [0.2, 0.25) is 0 Å². The standard InChI is InChI=1S/C65H80N2/c1-15-17-19-21-35-65(36-22-20-18-16-2)55-41-47(66-57-31-23-43(61(3,4)5)37-51(57)52-38-44(62(6,7)8)24-32-58(52)66)27-29-49(55)50-30-28-48(42-56(50)65)67-59-33-25-45(63(9,10)11)39-53(59)54-40-46(64(12,13)14)26-34-60(54)67/h23-34,37-42H,15-22,35-36H2,1-14H3. The van der Waals surface area contributed by atoms with Gasteiger partial charge in [-0.2, -0.15) is 0 Å². The van der Waals surface area contributed by atoms with Gasteiger partial charge >= 0.3 is 0 Å². The quantitative estimate of drug-likeness (QED) is 0.108. The molecule has 9 rings (SSSR count). The Morgan fingerprint density at radius 2 is 0.642 bits per heavy atom. The van der Waals surface area contributed by atoms with Crippen LogP contribution < -0.4 is 0 Å². The molecule has 2 aromatic heterocycles. The summed E-state index contributed by atoms with van der Waals surface area (Å²) in [6, 6.07) is 44.2. The molecule has 0 radical (unpaired) electrons. The molecular weight excluding hydrogens is 809 g/mol. The van der Waals surface area contributed by atoms with E-state index in [2.05, 4.69) is 215 Å². The molecular formula is C65H80N2. The Balaban J connectivity index is 1.29. The molecule has 0 saturated heterocycles. The van der Waals surface area contributed by atoms with Crippen LogP contribution in [0.25, 0.3) is 66.1 Å². The van der Waals surface area contributed by atoms with Crippen LogP contribution in [0.3, 0.4) is 0 Å². The summed E-state index contributed by atoms with van der Waals surface area (Å²) < 4.78 is 5.18. The number of nitrogens with zero attached hydrogens (tertiary/aromatic N) is 2. The molecule has 0 aliphatic heterocycles. The molecule has 67 heavy (non-hydrogen) atoms. The summed E-state index contributed by atoms with van der Waals surface area (Å²) in [5.74, 6) is 0. The highest BCUT2D eigenvalue weighted by atomic mass is 15.0. The Hall–Kier alpha value is -5.08. The first-order valence-electron chi connectivity index (χ1n) is 26.1. The van der Waals surface area contributed by atoms with Gasteiger partial charge in [-0.05, 0) is 152 Å². The number of hydrogen-bond donors (Lipinski definition) is 0. The van der Waals surface area contributed by atoms with Gasteiger partial charge in [0.05, 0.1) is 22.1 Å². The highest BCUT2D eigenvalue weighted by molar-refractivity contribution is 6.11. The third kappa shape index (κ3) is 8.37. The van der Waals surface area contributed by atoms with Crippen LogP contribution in [0, 0.1) is 0 Å². The molecule has 0 bridgehead atoms. The van der Waals surface area contributed by atoms with Crippen LogP contribution in [-0.4, -0.2) is 9.13 Å².